The Hall–Kier alpha value is -1.56. The van der Waals surface area contributed by atoms with E-state index in [1.807, 2.05) is 0 Å². The van der Waals surface area contributed by atoms with Crippen molar-refractivity contribution in [2.45, 2.75) is 37.6 Å². The fourth-order valence-corrected chi connectivity index (χ4v) is 5.41. The van der Waals surface area contributed by atoms with Gasteiger partial charge >= 0.3 is 0 Å². The van der Waals surface area contributed by atoms with E-state index in [0.29, 0.717) is 18.4 Å². The highest BCUT2D eigenvalue weighted by molar-refractivity contribution is 7.89. The second-order valence-electron chi connectivity index (χ2n) is 5.90. The SMILES string of the molecule is CCS(=O)(=O)N1CCC(NS(=O)(=O)c2cc([N+](=O)[O-])ccc2C)CC1. The van der Waals surface area contributed by atoms with E-state index in [0.717, 1.165) is 6.07 Å². The molecule has 1 aliphatic heterocycles. The van der Waals surface area contributed by atoms with Gasteiger partial charge in [-0.3, -0.25) is 10.1 Å². The Bertz CT molecular complexity index is 859. The number of nitro groups is 1. The smallest absolute Gasteiger partial charge is 0.258 e. The van der Waals surface area contributed by atoms with Crippen LogP contribution in [-0.2, 0) is 20.0 Å². The minimum Gasteiger partial charge on any atom is -0.258 e. The summed E-state index contributed by atoms with van der Waals surface area (Å²) in [6.07, 6.45) is 0.707. The molecule has 0 atom stereocenters. The number of sulfonamides is 2. The second-order valence-corrected chi connectivity index (χ2v) is 9.84. The molecule has 140 valence electrons. The zero-order valence-corrected chi connectivity index (χ0v) is 15.6. The first-order chi connectivity index (χ1) is 11.6. The van der Waals surface area contributed by atoms with Gasteiger partial charge in [-0.2, -0.15) is 0 Å². The molecular weight excluding hydrogens is 370 g/mol. The third-order valence-corrected chi connectivity index (χ3v) is 7.75. The van der Waals surface area contributed by atoms with Gasteiger partial charge in [-0.05, 0) is 32.3 Å². The van der Waals surface area contributed by atoms with Crippen LogP contribution in [0.3, 0.4) is 0 Å². The van der Waals surface area contributed by atoms with Crippen LogP contribution in [0, 0.1) is 17.0 Å². The number of nitrogens with one attached hydrogen (secondary N) is 1. The molecule has 0 aliphatic carbocycles. The maximum Gasteiger partial charge on any atom is 0.270 e. The van der Waals surface area contributed by atoms with Crippen LogP contribution in [0.4, 0.5) is 5.69 Å². The maximum atomic E-state index is 12.6. The fourth-order valence-electron chi connectivity index (χ4n) is 2.71. The normalized spacial score (nSPS) is 17.5. The van der Waals surface area contributed by atoms with Crippen molar-refractivity contribution < 1.29 is 21.8 Å². The van der Waals surface area contributed by atoms with E-state index in [4.69, 9.17) is 0 Å². The molecule has 11 heteroatoms. The Morgan fingerprint density at radius 2 is 1.84 bits per heavy atom. The van der Waals surface area contributed by atoms with Crippen LogP contribution in [-0.4, -0.2) is 50.9 Å². The van der Waals surface area contributed by atoms with Gasteiger partial charge < -0.3 is 0 Å². The zero-order valence-electron chi connectivity index (χ0n) is 14.0. The van der Waals surface area contributed by atoms with Crippen LogP contribution in [0.25, 0.3) is 0 Å². The summed E-state index contributed by atoms with van der Waals surface area (Å²) in [5.41, 5.74) is 0.110. The van der Waals surface area contributed by atoms with Crippen molar-refractivity contribution in [2.24, 2.45) is 0 Å². The topological polar surface area (TPSA) is 127 Å². The van der Waals surface area contributed by atoms with Crippen molar-refractivity contribution in [1.82, 2.24) is 9.03 Å². The van der Waals surface area contributed by atoms with Crippen LogP contribution >= 0.6 is 0 Å². The van der Waals surface area contributed by atoms with Gasteiger partial charge in [-0.25, -0.2) is 25.9 Å². The molecule has 0 unspecified atom stereocenters. The maximum absolute atomic E-state index is 12.6. The summed E-state index contributed by atoms with van der Waals surface area (Å²) in [5, 5.41) is 10.9. The lowest BCUT2D eigenvalue weighted by atomic mass is 10.1. The monoisotopic (exact) mass is 391 g/mol. The summed E-state index contributed by atoms with van der Waals surface area (Å²) >= 11 is 0. The number of rotatable bonds is 6. The van der Waals surface area contributed by atoms with Crippen LogP contribution < -0.4 is 4.72 Å². The summed E-state index contributed by atoms with van der Waals surface area (Å²) in [6, 6.07) is 3.27. The predicted molar refractivity (Wildman–Crippen MR) is 92.2 cm³/mol. The Balaban J connectivity index is 2.13. The van der Waals surface area contributed by atoms with E-state index in [1.54, 1.807) is 13.8 Å². The molecule has 9 nitrogen and oxygen atoms in total. The van der Waals surface area contributed by atoms with Crippen LogP contribution in [0.5, 0.6) is 0 Å². The van der Waals surface area contributed by atoms with Crippen molar-refractivity contribution in [3.05, 3.63) is 33.9 Å². The lowest BCUT2D eigenvalue weighted by Crippen LogP contribution is -2.46. The second kappa shape index (κ2) is 7.36. The van der Waals surface area contributed by atoms with Crippen molar-refractivity contribution in [2.75, 3.05) is 18.8 Å². The number of nitrogens with zero attached hydrogens (tertiary/aromatic N) is 2. The highest BCUT2D eigenvalue weighted by atomic mass is 32.2. The van der Waals surface area contributed by atoms with E-state index >= 15 is 0 Å². The molecule has 1 fully saturated rings. The van der Waals surface area contributed by atoms with E-state index in [2.05, 4.69) is 4.72 Å². The number of hydrogen-bond acceptors (Lipinski definition) is 6. The molecule has 2 rings (SSSR count). The number of benzene rings is 1. The van der Waals surface area contributed by atoms with E-state index in [-0.39, 0.29) is 29.4 Å². The molecule has 1 aromatic rings. The van der Waals surface area contributed by atoms with E-state index in [9.17, 15) is 26.9 Å². The summed E-state index contributed by atoms with van der Waals surface area (Å²) < 4.78 is 52.7. The third kappa shape index (κ3) is 4.54. The number of hydrogen-bond donors (Lipinski definition) is 1. The van der Waals surface area contributed by atoms with Gasteiger partial charge in [0.15, 0.2) is 0 Å². The van der Waals surface area contributed by atoms with Gasteiger partial charge in [0.2, 0.25) is 20.0 Å². The first-order valence-corrected chi connectivity index (χ1v) is 10.9. The average molecular weight is 391 g/mol. The first kappa shape index (κ1) is 19.8. The average Bonchev–Trinajstić information content (AvgIpc) is 2.55. The number of nitro benzene ring substituents is 1. The number of piperidine rings is 1. The molecule has 0 bridgehead atoms. The van der Waals surface area contributed by atoms with Crippen molar-refractivity contribution in [1.29, 1.82) is 0 Å². The molecule has 1 saturated heterocycles. The fraction of sp³-hybridized carbons (Fsp3) is 0.571. The lowest BCUT2D eigenvalue weighted by molar-refractivity contribution is -0.385. The minimum absolute atomic E-state index is 0.0102. The standard InChI is InChI=1S/C14H21N3O6S2/c1-3-24(20,21)16-8-6-12(7-9-16)15-25(22,23)14-10-13(17(18)19)5-4-11(14)2/h4-5,10,12,15H,3,6-9H2,1-2H3. The van der Waals surface area contributed by atoms with Gasteiger partial charge in [0.25, 0.3) is 5.69 Å². The molecule has 0 amide bonds. The van der Waals surface area contributed by atoms with Gasteiger partial charge in [0.05, 0.1) is 15.6 Å². The zero-order chi connectivity index (χ0) is 18.8. The molecule has 0 radical (unpaired) electrons. The number of non-ortho nitro benzene ring substituents is 1. The Morgan fingerprint density at radius 3 is 2.36 bits per heavy atom. The third-order valence-electron chi connectivity index (χ3n) is 4.21. The Labute approximate surface area is 147 Å². The van der Waals surface area contributed by atoms with E-state index < -0.39 is 31.0 Å². The summed E-state index contributed by atoms with van der Waals surface area (Å²) in [7, 11) is -7.21. The van der Waals surface area contributed by atoms with Gasteiger partial charge in [-0.15, -0.1) is 0 Å². The largest absolute Gasteiger partial charge is 0.270 e. The van der Waals surface area contributed by atoms with Gasteiger partial charge in [-0.1, -0.05) is 6.07 Å². The van der Waals surface area contributed by atoms with Crippen LogP contribution in [0.2, 0.25) is 0 Å². The molecule has 1 aromatic carbocycles. The first-order valence-electron chi connectivity index (χ1n) is 7.82. The molecule has 1 N–H and O–H groups in total. The van der Waals surface area contributed by atoms with Gasteiger partial charge in [0.1, 0.15) is 0 Å². The molecule has 25 heavy (non-hydrogen) atoms. The molecular formula is C14H21N3O6S2. The highest BCUT2D eigenvalue weighted by Crippen LogP contribution is 2.23. The lowest BCUT2D eigenvalue weighted by Gasteiger charge is -2.31. The number of aryl methyl sites for hydroxylation is 1. The molecule has 1 heterocycles. The summed E-state index contributed by atoms with van der Waals surface area (Å²) in [5.74, 6) is 0.0102. The minimum atomic E-state index is -3.93. The molecule has 1 aliphatic rings. The highest BCUT2D eigenvalue weighted by Gasteiger charge is 2.30. The summed E-state index contributed by atoms with van der Waals surface area (Å²) in [6.45, 7) is 3.62. The molecule has 0 aromatic heterocycles. The Kier molecular flexibility index (Phi) is 5.82. The van der Waals surface area contributed by atoms with Crippen molar-refractivity contribution in [3.8, 4) is 0 Å². The quantitative estimate of drug-likeness (QED) is 0.569. The summed E-state index contributed by atoms with van der Waals surface area (Å²) in [4.78, 5) is 10.1. The predicted octanol–water partition coefficient (Wildman–Crippen LogP) is 0.996. The van der Waals surface area contributed by atoms with E-state index in [1.165, 1.54) is 16.4 Å². The van der Waals surface area contributed by atoms with Crippen LogP contribution in [0.15, 0.2) is 23.1 Å². The van der Waals surface area contributed by atoms with Crippen molar-refractivity contribution in [3.63, 3.8) is 0 Å². The molecule has 0 saturated carbocycles. The van der Waals surface area contributed by atoms with Crippen molar-refractivity contribution >= 4 is 25.7 Å². The van der Waals surface area contributed by atoms with Gasteiger partial charge in [0, 0.05) is 31.3 Å². The van der Waals surface area contributed by atoms with Crippen LogP contribution in [0.1, 0.15) is 25.3 Å². The Morgan fingerprint density at radius 1 is 1.24 bits per heavy atom. The molecule has 0 spiro atoms.